The third-order valence-electron chi connectivity index (χ3n) is 5.22. The Kier molecular flexibility index (Phi) is 4.60. The molecule has 128 valence electrons. The average Bonchev–Trinajstić information content (AvgIpc) is 3.20. The highest BCUT2D eigenvalue weighted by Crippen LogP contribution is 2.29. The molecule has 3 rings (SSSR count). The minimum atomic E-state index is 0.374. The molecule has 0 spiro atoms. The number of rotatable bonds is 3. The first-order valence-electron chi connectivity index (χ1n) is 8.85. The molecule has 1 saturated heterocycles. The quantitative estimate of drug-likeness (QED) is 0.686. The number of aryl methyl sites for hydroxylation is 1. The van der Waals surface area contributed by atoms with Crippen molar-refractivity contribution in [3.63, 3.8) is 0 Å². The van der Waals surface area contributed by atoms with E-state index in [-0.39, 0.29) is 0 Å². The van der Waals surface area contributed by atoms with E-state index in [9.17, 15) is 0 Å². The Hall–Kier alpha value is -1.59. The summed E-state index contributed by atoms with van der Waals surface area (Å²) in [7, 11) is 2.00. The molecule has 0 amide bonds. The molecule has 0 atom stereocenters. The third-order valence-corrected chi connectivity index (χ3v) is 5.22. The lowest BCUT2D eigenvalue weighted by atomic mass is 9.93. The van der Waals surface area contributed by atoms with Crippen LogP contribution in [0.1, 0.15) is 57.6 Å². The first kappa shape index (κ1) is 16.3. The van der Waals surface area contributed by atoms with Crippen LogP contribution in [0.4, 0.5) is 0 Å². The first-order valence-corrected chi connectivity index (χ1v) is 8.85. The molecule has 0 bridgehead atoms. The maximum atomic E-state index is 4.89. The zero-order valence-electron chi connectivity index (χ0n) is 15.0. The predicted molar refractivity (Wildman–Crippen MR) is 92.2 cm³/mol. The second-order valence-electron chi connectivity index (χ2n) is 7.82. The molecule has 1 N–H and O–H groups in total. The minimum absolute atomic E-state index is 0.374. The van der Waals surface area contributed by atoms with Crippen LogP contribution in [0.2, 0.25) is 0 Å². The Morgan fingerprint density at radius 1 is 1.30 bits per heavy atom. The molecule has 1 aliphatic heterocycles. The summed E-state index contributed by atoms with van der Waals surface area (Å²) in [5, 5.41) is 12.1. The van der Waals surface area contributed by atoms with E-state index in [0.717, 1.165) is 30.7 Å². The molecule has 1 aliphatic carbocycles. The highest BCUT2D eigenvalue weighted by atomic mass is 15.3. The van der Waals surface area contributed by atoms with E-state index in [0.29, 0.717) is 18.0 Å². The van der Waals surface area contributed by atoms with Gasteiger partial charge in [-0.1, -0.05) is 26.7 Å². The van der Waals surface area contributed by atoms with Gasteiger partial charge in [0.15, 0.2) is 11.8 Å². The number of hydrogen-bond donors (Lipinski definition) is 1. The van der Waals surface area contributed by atoms with E-state index in [1.165, 1.54) is 32.1 Å². The Labute approximate surface area is 139 Å². The molecular formula is C17H30N6. The van der Waals surface area contributed by atoms with Gasteiger partial charge >= 0.3 is 0 Å². The zero-order valence-corrected chi connectivity index (χ0v) is 15.0. The second-order valence-corrected chi connectivity index (χ2v) is 7.82. The third kappa shape index (κ3) is 3.85. The second kappa shape index (κ2) is 6.49. The van der Waals surface area contributed by atoms with Crippen LogP contribution < -0.4 is 5.32 Å². The monoisotopic (exact) mass is 318 g/mol. The van der Waals surface area contributed by atoms with Crippen molar-refractivity contribution in [3.8, 4) is 0 Å². The van der Waals surface area contributed by atoms with Crippen LogP contribution in [-0.4, -0.2) is 44.8 Å². The number of guanidine groups is 1. The number of hydrogen-bond acceptors (Lipinski definition) is 3. The van der Waals surface area contributed by atoms with Crippen LogP contribution in [-0.2, 0) is 13.6 Å². The smallest absolute Gasteiger partial charge is 0.194 e. The molecule has 1 aromatic heterocycles. The standard InChI is InChI=1S/C17H30N6/c1-13-20-21-15(22(13)4)11-18-16(19-14-7-5-6-8-14)23-10-9-17(2,3)12-23/h14H,5-12H2,1-4H3,(H,18,19). The number of likely N-dealkylation sites (tertiary alicyclic amines) is 1. The summed E-state index contributed by atoms with van der Waals surface area (Å²) in [6, 6.07) is 0.582. The summed E-state index contributed by atoms with van der Waals surface area (Å²) in [5.41, 5.74) is 0.374. The van der Waals surface area contributed by atoms with Gasteiger partial charge in [0.1, 0.15) is 12.4 Å². The van der Waals surface area contributed by atoms with Crippen LogP contribution in [0.25, 0.3) is 0 Å². The van der Waals surface area contributed by atoms with Crippen molar-refractivity contribution in [2.24, 2.45) is 17.5 Å². The summed E-state index contributed by atoms with van der Waals surface area (Å²) >= 11 is 0. The van der Waals surface area contributed by atoms with Crippen LogP contribution in [0.3, 0.4) is 0 Å². The van der Waals surface area contributed by atoms with Crippen LogP contribution in [0.5, 0.6) is 0 Å². The molecule has 0 aromatic carbocycles. The Balaban J connectivity index is 1.73. The molecule has 0 radical (unpaired) electrons. The van der Waals surface area contributed by atoms with Crippen molar-refractivity contribution >= 4 is 5.96 Å². The van der Waals surface area contributed by atoms with Crippen LogP contribution in [0, 0.1) is 12.3 Å². The van der Waals surface area contributed by atoms with E-state index in [1.54, 1.807) is 0 Å². The van der Waals surface area contributed by atoms with E-state index < -0.39 is 0 Å². The number of aromatic nitrogens is 3. The van der Waals surface area contributed by atoms with Crippen molar-refractivity contribution in [2.45, 2.75) is 65.5 Å². The topological polar surface area (TPSA) is 58.3 Å². The largest absolute Gasteiger partial charge is 0.353 e. The molecule has 2 heterocycles. The summed E-state index contributed by atoms with van der Waals surface area (Å²) in [4.78, 5) is 7.31. The summed E-state index contributed by atoms with van der Waals surface area (Å²) in [6.07, 6.45) is 6.41. The van der Waals surface area contributed by atoms with Gasteiger partial charge in [-0.25, -0.2) is 4.99 Å². The Morgan fingerprint density at radius 2 is 2.04 bits per heavy atom. The van der Waals surface area contributed by atoms with Gasteiger partial charge in [0, 0.05) is 26.2 Å². The number of aliphatic imine (C=N–C) groups is 1. The van der Waals surface area contributed by atoms with Gasteiger partial charge in [0.05, 0.1) is 0 Å². The molecule has 6 nitrogen and oxygen atoms in total. The molecule has 2 aliphatic rings. The Bertz CT molecular complexity index is 568. The molecule has 0 unspecified atom stereocenters. The van der Waals surface area contributed by atoms with E-state index in [1.807, 2.05) is 18.5 Å². The predicted octanol–water partition coefficient (Wildman–Crippen LogP) is 2.24. The van der Waals surface area contributed by atoms with Gasteiger partial charge in [-0.05, 0) is 31.6 Å². The highest BCUT2D eigenvalue weighted by Gasteiger charge is 2.32. The first-order chi connectivity index (χ1) is 10.9. The highest BCUT2D eigenvalue weighted by molar-refractivity contribution is 5.80. The van der Waals surface area contributed by atoms with Gasteiger partial charge in [-0.3, -0.25) is 0 Å². The molecule has 2 fully saturated rings. The van der Waals surface area contributed by atoms with Crippen LogP contribution in [0.15, 0.2) is 4.99 Å². The SMILES string of the molecule is Cc1nnc(CN=C(NC2CCCC2)N2CCC(C)(C)C2)n1C. The number of nitrogens with zero attached hydrogens (tertiary/aromatic N) is 5. The summed E-state index contributed by atoms with van der Waals surface area (Å²) in [6.45, 7) is 9.40. The van der Waals surface area contributed by atoms with Crippen molar-refractivity contribution in [2.75, 3.05) is 13.1 Å². The van der Waals surface area contributed by atoms with Gasteiger partial charge in [-0.15, -0.1) is 10.2 Å². The molecule has 1 aromatic rings. The molecule has 6 heteroatoms. The fraction of sp³-hybridized carbons (Fsp3) is 0.824. The van der Waals surface area contributed by atoms with Crippen LogP contribution >= 0.6 is 0 Å². The van der Waals surface area contributed by atoms with Gasteiger partial charge < -0.3 is 14.8 Å². The fourth-order valence-corrected chi connectivity index (χ4v) is 3.52. The van der Waals surface area contributed by atoms with E-state index in [2.05, 4.69) is 34.3 Å². The van der Waals surface area contributed by atoms with Crippen molar-refractivity contribution < 1.29 is 0 Å². The van der Waals surface area contributed by atoms with E-state index >= 15 is 0 Å². The van der Waals surface area contributed by atoms with Gasteiger partial charge in [-0.2, -0.15) is 0 Å². The lowest BCUT2D eigenvalue weighted by Gasteiger charge is -2.26. The molecule has 1 saturated carbocycles. The molecular weight excluding hydrogens is 288 g/mol. The summed E-state index contributed by atoms with van der Waals surface area (Å²) < 4.78 is 2.02. The van der Waals surface area contributed by atoms with Gasteiger partial charge in [0.25, 0.3) is 0 Å². The van der Waals surface area contributed by atoms with Gasteiger partial charge in [0.2, 0.25) is 0 Å². The lowest BCUT2D eigenvalue weighted by molar-refractivity contribution is 0.366. The maximum absolute atomic E-state index is 4.89. The molecule has 23 heavy (non-hydrogen) atoms. The van der Waals surface area contributed by atoms with Crippen molar-refractivity contribution in [1.82, 2.24) is 25.0 Å². The van der Waals surface area contributed by atoms with E-state index in [4.69, 9.17) is 4.99 Å². The van der Waals surface area contributed by atoms with Crippen molar-refractivity contribution in [1.29, 1.82) is 0 Å². The maximum Gasteiger partial charge on any atom is 0.194 e. The van der Waals surface area contributed by atoms with Crippen molar-refractivity contribution in [3.05, 3.63) is 11.6 Å². The summed E-state index contributed by atoms with van der Waals surface area (Å²) in [5.74, 6) is 2.91. The fourth-order valence-electron chi connectivity index (χ4n) is 3.52. The average molecular weight is 318 g/mol. The normalized spacial score (nSPS) is 22.1. The minimum Gasteiger partial charge on any atom is -0.353 e. The number of nitrogens with one attached hydrogen (secondary N) is 1. The zero-order chi connectivity index (χ0) is 16.4. The Morgan fingerprint density at radius 3 is 2.61 bits per heavy atom. The lowest BCUT2D eigenvalue weighted by Crippen LogP contribution is -2.44.